The first-order valence-electron chi connectivity index (χ1n) is 18.3. The van der Waals surface area contributed by atoms with E-state index in [9.17, 15) is 19.8 Å². The van der Waals surface area contributed by atoms with E-state index in [4.69, 9.17) is 18.9 Å². The molecule has 51 heavy (non-hydrogen) atoms. The Morgan fingerprint density at radius 3 is 2.49 bits per heavy atom. The topological polar surface area (TPSA) is 140 Å². The normalized spacial score (nSPS) is 40.2. The second kappa shape index (κ2) is 12.7. The zero-order valence-electron chi connectivity index (χ0n) is 31.0. The third-order valence-electron chi connectivity index (χ3n) is 13.8. The summed E-state index contributed by atoms with van der Waals surface area (Å²) in [4.78, 5) is 34.6. The minimum Gasteiger partial charge on any atom is -0.454 e. The SMILES string of the molecule is CCN1C[C@@](C)(OC(=O)c2ccccc2NC(=O)/C(C)=C/c2cccc(C)n2)[C@H]2CC3[C@H]1C2([C@H](C)OC)[C@@H]1C[C@@H]2[C@@H](OC)C[C@@]3(O)[C@@]1(O)[C@H]2OC. The molecule has 6 bridgehead atoms. The molecule has 12 atom stereocenters. The number of likely N-dealkylation sites (N-methyl/N-ethyl adjacent to an activating group) is 1. The number of aryl methyl sites for hydroxylation is 1. The summed E-state index contributed by atoms with van der Waals surface area (Å²) in [5, 5.41) is 28.8. The van der Waals surface area contributed by atoms with Crippen LogP contribution in [0.5, 0.6) is 0 Å². The van der Waals surface area contributed by atoms with Crippen molar-refractivity contribution < 1.29 is 38.7 Å². The van der Waals surface area contributed by atoms with Crippen molar-refractivity contribution in [2.75, 3.05) is 39.7 Å². The second-order valence-corrected chi connectivity index (χ2v) is 15.9. The monoisotopic (exact) mass is 703 g/mol. The van der Waals surface area contributed by atoms with Gasteiger partial charge in [-0.05, 0) is 77.4 Å². The van der Waals surface area contributed by atoms with Crippen molar-refractivity contribution in [2.24, 2.45) is 29.1 Å². The number of rotatable bonds is 10. The number of nitrogens with zero attached hydrogens (tertiary/aromatic N) is 2. The molecule has 11 nitrogen and oxygen atoms in total. The number of benzene rings is 1. The lowest BCUT2D eigenvalue weighted by molar-refractivity contribution is -0.328. The summed E-state index contributed by atoms with van der Waals surface area (Å²) >= 11 is 0. The van der Waals surface area contributed by atoms with Crippen molar-refractivity contribution in [3.63, 3.8) is 0 Å². The average Bonchev–Trinajstić information content (AvgIpc) is 3.55. The number of aliphatic hydroxyl groups is 2. The van der Waals surface area contributed by atoms with Crippen LogP contribution >= 0.6 is 0 Å². The smallest absolute Gasteiger partial charge is 0.340 e. The third-order valence-corrected chi connectivity index (χ3v) is 13.8. The number of methoxy groups -OCH3 is 3. The first-order valence-corrected chi connectivity index (χ1v) is 18.3. The number of carbonyl (C=O) groups is 2. The quantitative estimate of drug-likeness (QED) is 0.243. The van der Waals surface area contributed by atoms with E-state index in [1.54, 1.807) is 58.6 Å². The van der Waals surface area contributed by atoms with Crippen LogP contribution in [0.25, 0.3) is 6.08 Å². The van der Waals surface area contributed by atoms with Gasteiger partial charge in [-0.25, -0.2) is 4.79 Å². The van der Waals surface area contributed by atoms with Crippen molar-refractivity contribution in [3.05, 3.63) is 65.0 Å². The molecule has 2 unspecified atom stereocenters. The predicted molar refractivity (Wildman–Crippen MR) is 191 cm³/mol. The van der Waals surface area contributed by atoms with Crippen LogP contribution in [0.15, 0.2) is 48.0 Å². The Hall–Kier alpha value is -3.19. The Balaban J connectivity index is 1.25. The highest BCUT2D eigenvalue weighted by atomic mass is 16.6. The minimum atomic E-state index is -1.54. The number of nitrogens with one attached hydrogen (secondary N) is 1. The molecule has 1 saturated heterocycles. The molecular formula is C40H53N3O8. The standard InChI is InChI=1S/C40H53N3O8/c1-9-43-21-37(5,51-36(45)26-15-10-11-16-29(26)42-35(44)22(2)17-25-14-12-13-23(3)41-25)31-19-28-33(43)39(31,24(4)48-6)32-18-27-30(49-7)20-38(28,46)40(32,47)34(27)50-8/h10-17,24,27-28,30-34,46-47H,9,18-21H2,1-8H3,(H,42,44)/b22-17+/t24-,27+,28?,30-,31+,32-,33-,34-,37+,38-,39?,40-/m0/s1. The molecule has 7 rings (SSSR count). The second-order valence-electron chi connectivity index (χ2n) is 15.9. The molecule has 3 N–H and O–H groups in total. The lowest BCUT2D eigenvalue weighted by atomic mass is 9.46. The van der Waals surface area contributed by atoms with Crippen LogP contribution in [0.4, 0.5) is 5.69 Å². The molecule has 2 heterocycles. The molecule has 5 aliphatic rings. The third kappa shape index (κ3) is 4.95. The average molecular weight is 704 g/mol. The molecule has 0 radical (unpaired) electrons. The van der Waals surface area contributed by atoms with E-state index < -0.39 is 40.2 Å². The van der Waals surface area contributed by atoms with Crippen LogP contribution in [-0.4, -0.2) is 108 Å². The number of para-hydroxylation sites is 1. The van der Waals surface area contributed by atoms with Gasteiger partial charge in [-0.15, -0.1) is 0 Å². The Kier molecular flexibility index (Phi) is 9.04. The molecule has 1 amide bonds. The maximum atomic E-state index is 14.4. The van der Waals surface area contributed by atoms with Gasteiger partial charge < -0.3 is 34.5 Å². The number of fused-ring (bicyclic) bond motifs is 2. The Labute approximate surface area is 300 Å². The van der Waals surface area contributed by atoms with Gasteiger partial charge in [-0.3, -0.25) is 14.7 Å². The highest BCUT2D eigenvalue weighted by Gasteiger charge is 2.87. The summed E-state index contributed by atoms with van der Waals surface area (Å²) in [5.41, 5.74) is -2.19. The van der Waals surface area contributed by atoms with Gasteiger partial charge in [0.1, 0.15) is 16.8 Å². The Morgan fingerprint density at radius 1 is 1.08 bits per heavy atom. The molecular weight excluding hydrogens is 650 g/mol. The highest BCUT2D eigenvalue weighted by molar-refractivity contribution is 6.09. The van der Waals surface area contributed by atoms with Crippen LogP contribution < -0.4 is 5.32 Å². The fraction of sp³-hybridized carbons (Fsp3) is 0.625. The summed E-state index contributed by atoms with van der Waals surface area (Å²) in [6.07, 6.45) is 1.91. The fourth-order valence-electron chi connectivity index (χ4n) is 11.9. The number of aromatic nitrogens is 1. The number of hydrogen-bond acceptors (Lipinski definition) is 10. The Bertz CT molecular complexity index is 1730. The molecule has 2 aromatic rings. The predicted octanol–water partition coefficient (Wildman–Crippen LogP) is 4.25. The van der Waals surface area contributed by atoms with Crippen LogP contribution in [0.1, 0.15) is 68.7 Å². The van der Waals surface area contributed by atoms with Gasteiger partial charge >= 0.3 is 5.97 Å². The van der Waals surface area contributed by atoms with Crippen molar-refractivity contribution in [1.82, 2.24) is 9.88 Å². The number of likely N-dealkylation sites (tertiary alicyclic amines) is 1. The van der Waals surface area contributed by atoms with Crippen molar-refractivity contribution in [2.45, 2.75) is 95.0 Å². The number of ether oxygens (including phenoxy) is 4. The van der Waals surface area contributed by atoms with Crippen LogP contribution in [-0.2, 0) is 23.7 Å². The summed E-state index contributed by atoms with van der Waals surface area (Å²) < 4.78 is 25.0. The summed E-state index contributed by atoms with van der Waals surface area (Å²) in [5.74, 6) is -2.04. The molecule has 1 aromatic carbocycles. The van der Waals surface area contributed by atoms with Gasteiger partial charge in [0, 0.05) is 80.7 Å². The molecule has 11 heteroatoms. The van der Waals surface area contributed by atoms with Crippen molar-refractivity contribution in [3.8, 4) is 0 Å². The Morgan fingerprint density at radius 2 is 1.82 bits per heavy atom. The lowest BCUT2D eigenvalue weighted by Crippen LogP contribution is -2.81. The van der Waals surface area contributed by atoms with E-state index in [0.717, 1.165) is 5.69 Å². The molecule has 1 aliphatic heterocycles. The zero-order chi connectivity index (χ0) is 36.7. The summed E-state index contributed by atoms with van der Waals surface area (Å²) in [6.45, 7) is 10.8. The highest BCUT2D eigenvalue weighted by Crippen LogP contribution is 2.77. The molecule has 4 saturated carbocycles. The molecule has 276 valence electrons. The number of hydrogen-bond donors (Lipinski definition) is 3. The molecule has 1 aromatic heterocycles. The number of anilines is 1. The van der Waals surface area contributed by atoms with E-state index in [1.807, 2.05) is 32.0 Å². The lowest BCUT2D eigenvalue weighted by Gasteiger charge is -2.68. The van der Waals surface area contributed by atoms with Crippen molar-refractivity contribution in [1.29, 1.82) is 0 Å². The van der Waals surface area contributed by atoms with Gasteiger partial charge in [-0.2, -0.15) is 0 Å². The van der Waals surface area contributed by atoms with E-state index in [1.165, 1.54) is 0 Å². The molecule has 5 fully saturated rings. The van der Waals surface area contributed by atoms with E-state index in [2.05, 4.69) is 29.0 Å². The number of esters is 1. The largest absolute Gasteiger partial charge is 0.454 e. The van der Waals surface area contributed by atoms with E-state index in [-0.39, 0.29) is 47.5 Å². The van der Waals surface area contributed by atoms with Gasteiger partial charge in [0.25, 0.3) is 5.91 Å². The van der Waals surface area contributed by atoms with Crippen LogP contribution in [0.2, 0.25) is 0 Å². The maximum Gasteiger partial charge on any atom is 0.340 e. The van der Waals surface area contributed by atoms with Crippen molar-refractivity contribution >= 4 is 23.6 Å². The van der Waals surface area contributed by atoms with Gasteiger partial charge in [-0.1, -0.05) is 25.1 Å². The van der Waals surface area contributed by atoms with Crippen LogP contribution in [0, 0.1) is 36.0 Å². The van der Waals surface area contributed by atoms with E-state index >= 15 is 0 Å². The van der Waals surface area contributed by atoms with E-state index in [0.29, 0.717) is 49.3 Å². The first-order chi connectivity index (χ1) is 24.2. The summed E-state index contributed by atoms with van der Waals surface area (Å²) in [6, 6.07) is 12.4. The summed E-state index contributed by atoms with van der Waals surface area (Å²) in [7, 11) is 4.98. The molecule has 0 spiro atoms. The zero-order valence-corrected chi connectivity index (χ0v) is 31.0. The number of amides is 1. The number of pyridine rings is 1. The van der Waals surface area contributed by atoms with Crippen LogP contribution in [0.3, 0.4) is 0 Å². The van der Waals surface area contributed by atoms with Gasteiger partial charge in [0.05, 0.1) is 35.3 Å². The minimum absolute atomic E-state index is 0.116. The van der Waals surface area contributed by atoms with Gasteiger partial charge in [0.2, 0.25) is 0 Å². The first kappa shape index (κ1) is 36.2. The fourth-order valence-corrected chi connectivity index (χ4v) is 11.9. The maximum absolute atomic E-state index is 14.4. The number of piperidine rings is 1. The number of carbonyl (C=O) groups excluding carboxylic acids is 2. The molecule has 4 aliphatic carbocycles. The van der Waals surface area contributed by atoms with Gasteiger partial charge in [0.15, 0.2) is 0 Å².